The molecule has 24 heavy (non-hydrogen) atoms. The molecule has 1 heterocycles. The Bertz CT molecular complexity index is 880. The molecule has 2 aromatic carbocycles. The van der Waals surface area contributed by atoms with Crippen molar-refractivity contribution in [3.63, 3.8) is 0 Å². The Morgan fingerprint density at radius 1 is 1.17 bits per heavy atom. The largest absolute Gasteiger partial charge is 0.451 e. The summed E-state index contributed by atoms with van der Waals surface area (Å²) < 4.78 is 11.3. The van der Waals surface area contributed by atoms with Gasteiger partial charge in [0.05, 0.1) is 6.61 Å². The predicted octanol–water partition coefficient (Wildman–Crippen LogP) is 4.84. The highest BCUT2D eigenvalue weighted by atomic mass is 16.5. The monoisotopic (exact) mass is 323 g/mol. The van der Waals surface area contributed by atoms with Gasteiger partial charge in [-0.1, -0.05) is 30.3 Å². The molecule has 0 atom stereocenters. The van der Waals surface area contributed by atoms with Crippen molar-refractivity contribution in [2.24, 2.45) is 0 Å². The van der Waals surface area contributed by atoms with E-state index in [0.717, 1.165) is 27.8 Å². The van der Waals surface area contributed by atoms with Gasteiger partial charge in [0, 0.05) is 23.2 Å². The fourth-order valence-electron chi connectivity index (χ4n) is 2.68. The molecule has 3 rings (SSSR count). The van der Waals surface area contributed by atoms with E-state index >= 15 is 0 Å². The molecule has 0 saturated heterocycles. The van der Waals surface area contributed by atoms with Crippen molar-refractivity contribution in [3.8, 4) is 0 Å². The van der Waals surface area contributed by atoms with E-state index in [1.54, 1.807) is 0 Å². The molecule has 0 bridgehead atoms. The van der Waals surface area contributed by atoms with Crippen molar-refractivity contribution >= 4 is 22.6 Å². The van der Waals surface area contributed by atoms with Crippen LogP contribution in [0.1, 0.15) is 34.2 Å². The van der Waals surface area contributed by atoms with Gasteiger partial charge in [-0.25, -0.2) is 0 Å². The third-order valence-corrected chi connectivity index (χ3v) is 4.00. The summed E-state index contributed by atoms with van der Waals surface area (Å²) in [5.74, 6) is 0.0557. The van der Waals surface area contributed by atoms with Crippen LogP contribution in [0.3, 0.4) is 0 Å². The van der Waals surface area contributed by atoms with Crippen molar-refractivity contribution < 1.29 is 13.9 Å². The lowest BCUT2D eigenvalue weighted by Gasteiger charge is -2.09. The van der Waals surface area contributed by atoms with Crippen LogP contribution in [-0.2, 0) is 11.3 Å². The second-order valence-electron chi connectivity index (χ2n) is 5.82. The number of aryl methyl sites for hydroxylation is 2. The van der Waals surface area contributed by atoms with Crippen molar-refractivity contribution in [1.82, 2.24) is 0 Å². The molecule has 0 aliphatic carbocycles. The van der Waals surface area contributed by atoms with Gasteiger partial charge < -0.3 is 14.5 Å². The Morgan fingerprint density at radius 3 is 2.75 bits per heavy atom. The Kier molecular flexibility index (Phi) is 4.67. The van der Waals surface area contributed by atoms with Crippen molar-refractivity contribution in [2.45, 2.75) is 27.4 Å². The van der Waals surface area contributed by atoms with E-state index < -0.39 is 0 Å². The number of fused-ring (bicyclic) bond motifs is 1. The SMILES string of the molecule is CCOCc1c(C(=O)Nc2cc(C)ccc2C)oc2ccccc12. The fraction of sp³-hybridized carbons (Fsp3) is 0.250. The summed E-state index contributed by atoms with van der Waals surface area (Å²) in [5.41, 5.74) is 4.38. The average Bonchev–Trinajstić information content (AvgIpc) is 2.95. The lowest BCUT2D eigenvalue weighted by Crippen LogP contribution is -2.14. The lowest BCUT2D eigenvalue weighted by molar-refractivity contribution is 0.0984. The zero-order valence-electron chi connectivity index (χ0n) is 14.2. The van der Waals surface area contributed by atoms with Crippen LogP contribution in [0.5, 0.6) is 0 Å². The minimum Gasteiger partial charge on any atom is -0.451 e. The lowest BCUT2D eigenvalue weighted by atomic mass is 10.1. The topological polar surface area (TPSA) is 51.5 Å². The van der Waals surface area contributed by atoms with Gasteiger partial charge in [-0.2, -0.15) is 0 Å². The molecule has 0 radical (unpaired) electrons. The molecular weight excluding hydrogens is 302 g/mol. The molecule has 0 fully saturated rings. The van der Waals surface area contributed by atoms with Gasteiger partial charge in [0.1, 0.15) is 5.58 Å². The highest BCUT2D eigenvalue weighted by molar-refractivity contribution is 6.06. The van der Waals surface area contributed by atoms with Crippen LogP contribution >= 0.6 is 0 Å². The number of nitrogens with one attached hydrogen (secondary N) is 1. The molecule has 0 spiro atoms. The predicted molar refractivity (Wildman–Crippen MR) is 95.4 cm³/mol. The van der Waals surface area contributed by atoms with Gasteiger partial charge in [-0.3, -0.25) is 4.79 Å². The van der Waals surface area contributed by atoms with Crippen LogP contribution in [0.4, 0.5) is 5.69 Å². The molecule has 0 unspecified atom stereocenters. The second-order valence-corrected chi connectivity index (χ2v) is 5.82. The standard InChI is InChI=1S/C20H21NO3/c1-4-23-12-16-15-7-5-6-8-18(15)24-19(16)20(22)21-17-11-13(2)9-10-14(17)3/h5-11H,4,12H2,1-3H3,(H,21,22). The quantitative estimate of drug-likeness (QED) is 0.731. The normalized spacial score (nSPS) is 11.0. The van der Waals surface area contributed by atoms with E-state index in [0.29, 0.717) is 24.6 Å². The Balaban J connectivity index is 1.98. The minimum atomic E-state index is -0.255. The van der Waals surface area contributed by atoms with Crippen LogP contribution in [0.25, 0.3) is 11.0 Å². The van der Waals surface area contributed by atoms with Gasteiger partial charge in [-0.05, 0) is 44.0 Å². The van der Waals surface area contributed by atoms with E-state index in [-0.39, 0.29) is 5.91 Å². The number of amides is 1. The summed E-state index contributed by atoms with van der Waals surface area (Å²) in [4.78, 5) is 12.8. The zero-order valence-corrected chi connectivity index (χ0v) is 14.2. The molecule has 124 valence electrons. The number of furan rings is 1. The van der Waals surface area contributed by atoms with Crippen LogP contribution in [0, 0.1) is 13.8 Å². The molecule has 4 nitrogen and oxygen atoms in total. The Labute approximate surface area is 141 Å². The van der Waals surface area contributed by atoms with E-state index in [1.165, 1.54) is 0 Å². The van der Waals surface area contributed by atoms with E-state index in [4.69, 9.17) is 9.15 Å². The first kappa shape index (κ1) is 16.3. The molecular formula is C20H21NO3. The number of para-hydroxylation sites is 1. The number of carbonyl (C=O) groups excluding carboxylic acids is 1. The average molecular weight is 323 g/mol. The maximum absolute atomic E-state index is 12.8. The van der Waals surface area contributed by atoms with Gasteiger partial charge >= 0.3 is 0 Å². The third-order valence-electron chi connectivity index (χ3n) is 4.00. The van der Waals surface area contributed by atoms with Crippen molar-refractivity contribution in [1.29, 1.82) is 0 Å². The van der Waals surface area contributed by atoms with Crippen molar-refractivity contribution in [2.75, 3.05) is 11.9 Å². The first-order chi connectivity index (χ1) is 11.6. The molecule has 4 heteroatoms. The van der Waals surface area contributed by atoms with Crippen LogP contribution < -0.4 is 5.32 Å². The summed E-state index contributed by atoms with van der Waals surface area (Å²) in [7, 11) is 0. The number of rotatable bonds is 5. The zero-order chi connectivity index (χ0) is 17.1. The van der Waals surface area contributed by atoms with Crippen LogP contribution in [-0.4, -0.2) is 12.5 Å². The van der Waals surface area contributed by atoms with Gasteiger partial charge in [0.25, 0.3) is 5.91 Å². The van der Waals surface area contributed by atoms with Crippen molar-refractivity contribution in [3.05, 3.63) is 64.9 Å². The number of hydrogen-bond acceptors (Lipinski definition) is 3. The summed E-state index contributed by atoms with van der Waals surface area (Å²) in [6.45, 7) is 6.82. The first-order valence-corrected chi connectivity index (χ1v) is 8.07. The van der Waals surface area contributed by atoms with E-state index in [9.17, 15) is 4.79 Å². The van der Waals surface area contributed by atoms with Gasteiger partial charge in [-0.15, -0.1) is 0 Å². The number of ether oxygens (including phenoxy) is 1. The van der Waals surface area contributed by atoms with Crippen LogP contribution in [0.15, 0.2) is 46.9 Å². The minimum absolute atomic E-state index is 0.255. The maximum Gasteiger partial charge on any atom is 0.291 e. The Morgan fingerprint density at radius 2 is 1.96 bits per heavy atom. The third kappa shape index (κ3) is 3.19. The number of benzene rings is 2. The van der Waals surface area contributed by atoms with Gasteiger partial charge in [0.15, 0.2) is 5.76 Å². The summed E-state index contributed by atoms with van der Waals surface area (Å²) in [6, 6.07) is 13.6. The molecule has 0 saturated carbocycles. The summed E-state index contributed by atoms with van der Waals surface area (Å²) in [6.07, 6.45) is 0. The van der Waals surface area contributed by atoms with E-state index in [1.807, 2.05) is 63.2 Å². The number of carbonyl (C=O) groups is 1. The van der Waals surface area contributed by atoms with Crippen LogP contribution in [0.2, 0.25) is 0 Å². The van der Waals surface area contributed by atoms with Gasteiger partial charge in [0.2, 0.25) is 0 Å². The molecule has 3 aromatic rings. The Hall–Kier alpha value is -2.59. The molecule has 0 aliphatic heterocycles. The second kappa shape index (κ2) is 6.89. The molecule has 1 aromatic heterocycles. The fourth-order valence-corrected chi connectivity index (χ4v) is 2.68. The summed E-state index contributed by atoms with van der Waals surface area (Å²) >= 11 is 0. The van der Waals surface area contributed by atoms with E-state index in [2.05, 4.69) is 5.32 Å². The molecule has 1 N–H and O–H groups in total. The molecule has 0 aliphatic rings. The number of hydrogen-bond donors (Lipinski definition) is 1. The smallest absolute Gasteiger partial charge is 0.291 e. The molecule has 1 amide bonds. The maximum atomic E-state index is 12.8. The number of anilines is 1. The first-order valence-electron chi connectivity index (χ1n) is 8.07. The summed E-state index contributed by atoms with van der Waals surface area (Å²) in [5, 5.41) is 3.87. The highest BCUT2D eigenvalue weighted by Gasteiger charge is 2.21. The highest BCUT2D eigenvalue weighted by Crippen LogP contribution is 2.28.